The van der Waals surface area contributed by atoms with Crippen molar-refractivity contribution in [1.29, 1.82) is 5.26 Å². The molecule has 0 aliphatic carbocycles. The zero-order valence-electron chi connectivity index (χ0n) is 10.1. The Hall–Kier alpha value is -1.61. The van der Waals surface area contributed by atoms with E-state index < -0.39 is 5.91 Å². The number of carbonyl (C=O) groups is 1. The second-order valence-electron chi connectivity index (χ2n) is 3.80. The largest absolute Gasteiger partial charge is 0.321 e. The fourth-order valence-electron chi connectivity index (χ4n) is 1.43. The number of amides is 1. The molecule has 0 unspecified atom stereocenters. The van der Waals surface area contributed by atoms with Gasteiger partial charge >= 0.3 is 0 Å². The molecular weight excluding hydrogens is 360 g/mol. The molecule has 0 aliphatic rings. The average Bonchev–Trinajstić information content (AvgIpc) is 2.84. The molecule has 0 spiro atoms. The molecule has 0 bridgehead atoms. The molecule has 6 heteroatoms. The summed E-state index contributed by atoms with van der Waals surface area (Å²) < 4.78 is 0.921. The third-order valence-electron chi connectivity index (χ3n) is 2.34. The minimum atomic E-state index is -0.445. The number of hydrogen-bond donors (Lipinski definition) is 1. The highest BCUT2D eigenvalue weighted by molar-refractivity contribution is 9.10. The van der Waals surface area contributed by atoms with E-state index in [4.69, 9.17) is 16.9 Å². The average molecular weight is 368 g/mol. The zero-order valence-corrected chi connectivity index (χ0v) is 13.2. The molecule has 100 valence electrons. The molecule has 0 fully saturated rings. The Morgan fingerprint density at radius 1 is 1.40 bits per heavy atom. The van der Waals surface area contributed by atoms with Gasteiger partial charge in [-0.2, -0.15) is 5.26 Å². The van der Waals surface area contributed by atoms with Gasteiger partial charge in [0.15, 0.2) is 0 Å². The maximum absolute atomic E-state index is 12.0. The van der Waals surface area contributed by atoms with Crippen LogP contribution in [0.3, 0.4) is 0 Å². The number of nitrogens with zero attached hydrogens (tertiary/aromatic N) is 1. The number of benzene rings is 1. The van der Waals surface area contributed by atoms with Gasteiger partial charge in [-0.05, 0) is 52.3 Å². The summed E-state index contributed by atoms with van der Waals surface area (Å²) in [5, 5.41) is 14.2. The molecule has 0 aliphatic heterocycles. The van der Waals surface area contributed by atoms with Crippen molar-refractivity contribution in [3.8, 4) is 6.07 Å². The van der Waals surface area contributed by atoms with Crippen LogP contribution in [0.1, 0.15) is 4.88 Å². The number of halogens is 2. The molecule has 1 aromatic carbocycles. The zero-order chi connectivity index (χ0) is 14.5. The third kappa shape index (κ3) is 3.94. The number of anilines is 1. The van der Waals surface area contributed by atoms with Gasteiger partial charge in [0.1, 0.15) is 11.6 Å². The standard InChI is InChI=1S/C14H8BrClN2OS/c15-10-6-13(20-8-10)5-9(7-17)14(19)18-12-3-1-11(16)2-4-12/h1-6,8H,(H,18,19)/b9-5+. The van der Waals surface area contributed by atoms with Gasteiger partial charge in [-0.1, -0.05) is 11.6 Å². The minimum Gasteiger partial charge on any atom is -0.321 e. The van der Waals surface area contributed by atoms with Crippen LogP contribution in [0.25, 0.3) is 6.08 Å². The SMILES string of the molecule is N#C/C(=C\c1cc(Br)cs1)C(=O)Nc1ccc(Cl)cc1. The van der Waals surface area contributed by atoms with Crippen LogP contribution in [0, 0.1) is 11.3 Å². The highest BCUT2D eigenvalue weighted by Crippen LogP contribution is 2.22. The van der Waals surface area contributed by atoms with Crippen LogP contribution >= 0.6 is 38.9 Å². The third-order valence-corrected chi connectivity index (χ3v) is 4.23. The lowest BCUT2D eigenvalue weighted by Gasteiger charge is -2.03. The number of carbonyl (C=O) groups excluding carboxylic acids is 1. The molecule has 1 amide bonds. The van der Waals surface area contributed by atoms with E-state index in [0.29, 0.717) is 10.7 Å². The lowest BCUT2D eigenvalue weighted by atomic mass is 10.2. The van der Waals surface area contributed by atoms with E-state index in [0.717, 1.165) is 9.35 Å². The fourth-order valence-corrected chi connectivity index (χ4v) is 2.93. The first kappa shape index (κ1) is 14.8. The summed E-state index contributed by atoms with van der Waals surface area (Å²) >= 11 is 10.5. The fraction of sp³-hybridized carbons (Fsp3) is 0. The quantitative estimate of drug-likeness (QED) is 0.631. The highest BCUT2D eigenvalue weighted by atomic mass is 79.9. The normalized spacial score (nSPS) is 10.9. The van der Waals surface area contributed by atoms with Crippen molar-refractivity contribution in [2.45, 2.75) is 0 Å². The summed E-state index contributed by atoms with van der Waals surface area (Å²) in [6, 6.07) is 10.4. The van der Waals surface area contributed by atoms with E-state index in [9.17, 15) is 4.79 Å². The lowest BCUT2D eigenvalue weighted by molar-refractivity contribution is -0.112. The summed E-state index contributed by atoms with van der Waals surface area (Å²) in [6.45, 7) is 0. The summed E-state index contributed by atoms with van der Waals surface area (Å²) in [4.78, 5) is 12.8. The predicted octanol–water partition coefficient (Wildman–Crippen LogP) is 4.71. The molecule has 0 atom stereocenters. The van der Waals surface area contributed by atoms with Crippen molar-refractivity contribution in [2.24, 2.45) is 0 Å². The summed E-state index contributed by atoms with van der Waals surface area (Å²) in [6.07, 6.45) is 1.56. The molecule has 0 radical (unpaired) electrons. The van der Waals surface area contributed by atoms with Crippen molar-refractivity contribution < 1.29 is 4.79 Å². The molecule has 1 aromatic heterocycles. The van der Waals surface area contributed by atoms with E-state index in [1.54, 1.807) is 30.3 Å². The molecule has 3 nitrogen and oxygen atoms in total. The number of thiophene rings is 1. The molecule has 1 N–H and O–H groups in total. The number of hydrogen-bond acceptors (Lipinski definition) is 3. The van der Waals surface area contributed by atoms with E-state index in [2.05, 4.69) is 21.2 Å². The van der Waals surface area contributed by atoms with E-state index >= 15 is 0 Å². The van der Waals surface area contributed by atoms with Crippen LogP contribution in [0.4, 0.5) is 5.69 Å². The van der Waals surface area contributed by atoms with Crippen molar-refractivity contribution in [3.05, 3.63) is 55.7 Å². The van der Waals surface area contributed by atoms with Crippen LogP contribution in [0.2, 0.25) is 5.02 Å². The summed E-state index contributed by atoms with van der Waals surface area (Å²) in [5.74, 6) is -0.445. The number of nitriles is 1. The summed E-state index contributed by atoms with van der Waals surface area (Å²) in [5.41, 5.74) is 0.641. The van der Waals surface area contributed by atoms with E-state index in [1.807, 2.05) is 17.5 Å². The van der Waals surface area contributed by atoms with Crippen LogP contribution < -0.4 is 5.32 Å². The molecule has 20 heavy (non-hydrogen) atoms. The predicted molar refractivity (Wildman–Crippen MR) is 85.7 cm³/mol. The van der Waals surface area contributed by atoms with Crippen LogP contribution in [0.15, 0.2) is 45.8 Å². The van der Waals surface area contributed by atoms with E-state index in [-0.39, 0.29) is 5.57 Å². The van der Waals surface area contributed by atoms with Gasteiger partial charge in [0.25, 0.3) is 5.91 Å². The Morgan fingerprint density at radius 3 is 2.65 bits per heavy atom. The first-order valence-corrected chi connectivity index (χ1v) is 7.56. The molecule has 0 saturated carbocycles. The Morgan fingerprint density at radius 2 is 2.10 bits per heavy atom. The molecule has 1 heterocycles. The molecule has 2 aromatic rings. The Labute approximate surface area is 133 Å². The van der Waals surface area contributed by atoms with Crippen molar-refractivity contribution in [3.63, 3.8) is 0 Å². The topological polar surface area (TPSA) is 52.9 Å². The molecule has 0 saturated heterocycles. The highest BCUT2D eigenvalue weighted by Gasteiger charge is 2.10. The first-order valence-electron chi connectivity index (χ1n) is 5.51. The number of rotatable bonds is 3. The van der Waals surface area contributed by atoms with Crippen molar-refractivity contribution in [2.75, 3.05) is 5.32 Å². The van der Waals surface area contributed by atoms with Crippen LogP contribution in [0.5, 0.6) is 0 Å². The Balaban J connectivity index is 2.16. The maximum atomic E-state index is 12.0. The van der Waals surface area contributed by atoms with Crippen molar-refractivity contribution in [1.82, 2.24) is 0 Å². The monoisotopic (exact) mass is 366 g/mol. The molecular formula is C14H8BrClN2OS. The van der Waals surface area contributed by atoms with Crippen molar-refractivity contribution >= 4 is 56.5 Å². The van der Waals surface area contributed by atoms with Gasteiger partial charge in [0.05, 0.1) is 0 Å². The minimum absolute atomic E-state index is 0.0503. The van der Waals surface area contributed by atoms with Gasteiger partial charge in [0.2, 0.25) is 0 Å². The van der Waals surface area contributed by atoms with E-state index in [1.165, 1.54) is 11.3 Å². The maximum Gasteiger partial charge on any atom is 0.266 e. The van der Waals surface area contributed by atoms with Crippen LogP contribution in [-0.4, -0.2) is 5.91 Å². The summed E-state index contributed by atoms with van der Waals surface area (Å²) in [7, 11) is 0. The van der Waals surface area contributed by atoms with Gasteiger partial charge in [-0.15, -0.1) is 11.3 Å². The van der Waals surface area contributed by atoms with Gasteiger partial charge in [0, 0.05) is 25.4 Å². The van der Waals surface area contributed by atoms with Gasteiger partial charge in [-0.3, -0.25) is 4.79 Å². The van der Waals surface area contributed by atoms with Gasteiger partial charge < -0.3 is 5.32 Å². The first-order chi connectivity index (χ1) is 9.58. The Kier molecular flexibility index (Phi) is 4.96. The second kappa shape index (κ2) is 6.71. The van der Waals surface area contributed by atoms with Gasteiger partial charge in [-0.25, -0.2) is 0 Å². The number of nitrogens with one attached hydrogen (secondary N) is 1. The lowest BCUT2D eigenvalue weighted by Crippen LogP contribution is -2.13. The smallest absolute Gasteiger partial charge is 0.266 e. The van der Waals surface area contributed by atoms with Crippen LogP contribution in [-0.2, 0) is 4.79 Å². The Bertz CT molecular complexity index is 701. The second-order valence-corrected chi connectivity index (χ2v) is 6.09. The molecule has 2 rings (SSSR count).